The number of aryl methyl sites for hydroxylation is 2. The molecule has 0 bridgehead atoms. The molecule has 5 nitrogen and oxygen atoms in total. The van der Waals surface area contributed by atoms with E-state index in [1.807, 2.05) is 43.5 Å². The topological polar surface area (TPSA) is 56.7 Å². The molecule has 0 unspecified atom stereocenters. The molecule has 59 heavy (non-hydrogen) atoms. The van der Waals surface area contributed by atoms with Crippen molar-refractivity contribution >= 4 is 50.8 Å². The molecule has 0 atom stereocenters. The Bertz CT molecular complexity index is 2980. The molecule has 0 aliphatic carbocycles. The van der Waals surface area contributed by atoms with E-state index >= 15 is 0 Å². The van der Waals surface area contributed by atoms with E-state index in [-0.39, 0.29) is 20.1 Å². The zero-order valence-corrected chi connectivity index (χ0v) is 38.1. The maximum atomic E-state index is 6.44. The smallest absolute Gasteiger partial charge is 0.216 e. The summed E-state index contributed by atoms with van der Waals surface area (Å²) in [7, 11) is 0. The van der Waals surface area contributed by atoms with Crippen molar-refractivity contribution in [3.05, 3.63) is 187 Å². The van der Waals surface area contributed by atoms with Crippen LogP contribution >= 0.6 is 0 Å². The summed E-state index contributed by atoms with van der Waals surface area (Å²) in [6.07, 6.45) is 2.04. The van der Waals surface area contributed by atoms with Crippen LogP contribution < -0.4 is 4.40 Å². The van der Waals surface area contributed by atoms with Crippen LogP contribution in [0.25, 0.3) is 83.7 Å². The van der Waals surface area contributed by atoms with Crippen LogP contribution in [-0.4, -0.2) is 32.8 Å². The quantitative estimate of drug-likeness (QED) is 0.123. The Labute approximate surface area is 361 Å². The Balaban J connectivity index is 0.000000227. The number of hydrogen-bond acceptors (Lipinski definition) is 4. The number of rotatable bonds is 6. The van der Waals surface area contributed by atoms with Crippen LogP contribution in [0.1, 0.15) is 11.3 Å². The molecule has 1 radical (unpaired) electrons. The summed E-state index contributed by atoms with van der Waals surface area (Å²) in [4.78, 5) is 14.4. The third-order valence-corrected chi connectivity index (χ3v) is 14.8. The van der Waals surface area contributed by atoms with Crippen molar-refractivity contribution in [2.75, 3.05) is 0 Å². The minimum Gasteiger partial charge on any atom is -0.486 e. The van der Waals surface area contributed by atoms with E-state index in [0.717, 1.165) is 83.7 Å². The van der Waals surface area contributed by atoms with E-state index in [0.29, 0.717) is 5.71 Å². The van der Waals surface area contributed by atoms with Gasteiger partial charge in [-0.05, 0) is 42.3 Å². The SMILES string of the molecule is Cc1c[c-]c(-c2cc[c]([Ge]([CH3])([CH3])[CH3])cn2)cc1.Cc1ccc2c(n1)oc1c(-c3nc4ccccc4n3-c3c(-c4ccccc4)cccc3-c3ccccc3)[c-]ccc12.[Ir]. The van der Waals surface area contributed by atoms with Crippen LogP contribution in [0.5, 0.6) is 0 Å². The Morgan fingerprint density at radius 3 is 1.97 bits per heavy atom. The molecule has 4 heterocycles. The van der Waals surface area contributed by atoms with Gasteiger partial charge >= 0.3 is 106 Å². The number of aromatic nitrogens is 4. The van der Waals surface area contributed by atoms with Gasteiger partial charge in [0.2, 0.25) is 5.71 Å². The predicted molar refractivity (Wildman–Crippen MR) is 242 cm³/mol. The van der Waals surface area contributed by atoms with Gasteiger partial charge in [-0.1, -0.05) is 102 Å². The summed E-state index contributed by atoms with van der Waals surface area (Å²) in [5.74, 6) is 7.92. The average molecular weight is 1000 g/mol. The van der Waals surface area contributed by atoms with Gasteiger partial charge in [-0.2, -0.15) is 0 Å². The maximum absolute atomic E-state index is 6.44. The molecule has 0 N–H and O–H groups in total. The van der Waals surface area contributed by atoms with E-state index in [2.05, 4.69) is 178 Å². The molecular weight excluding hydrogens is 961 g/mol. The molecule has 10 aromatic rings. The fourth-order valence-corrected chi connectivity index (χ4v) is 9.62. The van der Waals surface area contributed by atoms with Crippen LogP contribution in [0, 0.1) is 26.0 Å². The second-order valence-corrected chi connectivity index (χ2v) is 26.3. The Hall–Kier alpha value is -5.92. The standard InChI is InChI=1S/C37H24N3O.C15H18GeN.Ir/c1-24-22-23-30-29-18-11-19-31(35(29)41-37(30)38-24)36-39-32-20-8-9-21-33(32)40(36)34-27(25-12-4-2-5-13-25)16-10-17-28(34)26-14-6-3-7-15-26;1-12-5-7-13(8-6-12)15-10-9-14(11-17-15)16(2,3)4;/h2-18,20-23H,1H3;5-7,9-11H,1-4H3;/q2*-1;. The van der Waals surface area contributed by atoms with E-state index in [1.165, 1.54) is 9.96 Å². The molecule has 0 aliphatic rings. The minimum atomic E-state index is -1.73. The first-order valence-corrected chi connectivity index (χ1v) is 27.0. The first-order valence-electron chi connectivity index (χ1n) is 19.6. The summed E-state index contributed by atoms with van der Waals surface area (Å²) in [6, 6.07) is 61.3. The van der Waals surface area contributed by atoms with Crippen molar-refractivity contribution in [3.8, 4) is 50.6 Å². The summed E-state index contributed by atoms with van der Waals surface area (Å²) >= 11 is -1.73. The fraction of sp³-hybridized carbons (Fsp3) is 0.0962. The molecule has 10 rings (SSSR count). The monoisotopic (exact) mass is 1010 g/mol. The van der Waals surface area contributed by atoms with Crippen molar-refractivity contribution < 1.29 is 24.5 Å². The van der Waals surface area contributed by atoms with Crippen molar-refractivity contribution in [3.63, 3.8) is 0 Å². The fourth-order valence-electron chi connectivity index (χ4n) is 7.45. The minimum absolute atomic E-state index is 0. The number of nitrogens with zero attached hydrogens (tertiary/aromatic N) is 4. The zero-order chi connectivity index (χ0) is 39.8. The number of para-hydroxylation sites is 3. The van der Waals surface area contributed by atoms with Crippen LogP contribution in [0.3, 0.4) is 0 Å². The Kier molecular flexibility index (Phi) is 11.3. The molecule has 7 heteroatoms. The number of pyridine rings is 2. The van der Waals surface area contributed by atoms with Gasteiger partial charge in [0.05, 0.1) is 28.1 Å². The molecular formula is C52H42GeIrN4O-2. The molecule has 4 aromatic heterocycles. The van der Waals surface area contributed by atoms with E-state index in [1.54, 1.807) is 0 Å². The first-order chi connectivity index (χ1) is 28.2. The van der Waals surface area contributed by atoms with Crippen LogP contribution in [-0.2, 0) is 20.1 Å². The van der Waals surface area contributed by atoms with Crippen molar-refractivity contribution in [2.45, 2.75) is 31.1 Å². The second kappa shape index (κ2) is 16.7. The van der Waals surface area contributed by atoms with Crippen molar-refractivity contribution in [1.29, 1.82) is 0 Å². The molecule has 0 fully saturated rings. The van der Waals surface area contributed by atoms with Crippen molar-refractivity contribution in [1.82, 2.24) is 19.5 Å². The summed E-state index contributed by atoms with van der Waals surface area (Å²) in [5.41, 5.74) is 13.9. The molecule has 0 saturated heterocycles. The van der Waals surface area contributed by atoms with E-state index in [4.69, 9.17) is 9.40 Å². The van der Waals surface area contributed by atoms with Gasteiger partial charge in [0, 0.05) is 42.3 Å². The molecule has 6 aromatic carbocycles. The molecule has 291 valence electrons. The number of furan rings is 1. The zero-order valence-electron chi connectivity index (χ0n) is 33.6. The van der Waals surface area contributed by atoms with Gasteiger partial charge in [0.15, 0.2) is 0 Å². The average Bonchev–Trinajstić information content (AvgIpc) is 3.82. The third-order valence-electron chi connectivity index (χ3n) is 10.5. The number of imidazole rings is 1. The summed E-state index contributed by atoms with van der Waals surface area (Å²) in [5, 5.41) is 1.98. The summed E-state index contributed by atoms with van der Waals surface area (Å²) < 4.78 is 10.2. The Morgan fingerprint density at radius 1 is 0.627 bits per heavy atom. The normalized spacial score (nSPS) is 11.3. The maximum Gasteiger partial charge on any atom is 0.216 e. The van der Waals surface area contributed by atoms with Crippen LogP contribution in [0.2, 0.25) is 17.3 Å². The van der Waals surface area contributed by atoms with Gasteiger partial charge in [-0.3, -0.25) is 4.98 Å². The van der Waals surface area contributed by atoms with Crippen molar-refractivity contribution in [2.24, 2.45) is 0 Å². The Morgan fingerprint density at radius 2 is 1.32 bits per heavy atom. The van der Waals surface area contributed by atoms with E-state index in [9.17, 15) is 0 Å². The van der Waals surface area contributed by atoms with Crippen LogP contribution in [0.15, 0.2) is 168 Å². The predicted octanol–water partition coefficient (Wildman–Crippen LogP) is 12.8. The number of hydrogen-bond donors (Lipinski definition) is 0. The van der Waals surface area contributed by atoms with Gasteiger partial charge in [-0.25, -0.2) is 4.98 Å². The van der Waals surface area contributed by atoms with Crippen LogP contribution in [0.4, 0.5) is 0 Å². The molecule has 0 saturated carbocycles. The number of benzene rings is 6. The molecule has 0 aliphatic heterocycles. The second-order valence-electron chi connectivity index (χ2n) is 15.7. The third kappa shape index (κ3) is 7.96. The molecule has 0 spiro atoms. The molecule has 0 amide bonds. The first kappa shape index (κ1) is 39.9. The van der Waals surface area contributed by atoms with Gasteiger partial charge in [0.25, 0.3) is 0 Å². The number of fused-ring (bicyclic) bond motifs is 4. The van der Waals surface area contributed by atoms with Gasteiger partial charge in [-0.15, -0.1) is 18.2 Å². The summed E-state index contributed by atoms with van der Waals surface area (Å²) in [6.45, 7) is 4.05. The van der Waals surface area contributed by atoms with E-state index < -0.39 is 13.3 Å². The largest absolute Gasteiger partial charge is 0.486 e. The van der Waals surface area contributed by atoms with Gasteiger partial charge < -0.3 is 8.98 Å². The van der Waals surface area contributed by atoms with Gasteiger partial charge in [0.1, 0.15) is 0 Å².